The van der Waals surface area contributed by atoms with Gasteiger partial charge in [-0.3, -0.25) is 10.2 Å². The second kappa shape index (κ2) is 7.09. The van der Waals surface area contributed by atoms with Crippen LogP contribution in [-0.4, -0.2) is 30.6 Å². The molecule has 0 bridgehead atoms. The smallest absolute Gasteiger partial charge is 0.319 e. The van der Waals surface area contributed by atoms with Crippen molar-refractivity contribution in [3.63, 3.8) is 0 Å². The van der Waals surface area contributed by atoms with E-state index in [9.17, 15) is 4.79 Å². The predicted octanol–water partition coefficient (Wildman–Crippen LogP) is 2.05. The largest absolute Gasteiger partial charge is 0.464 e. The molecule has 0 radical (unpaired) electrons. The molecule has 0 atom stereocenters. The summed E-state index contributed by atoms with van der Waals surface area (Å²) in [5.41, 5.74) is 0.789. The summed E-state index contributed by atoms with van der Waals surface area (Å²) in [7, 11) is 0. The van der Waals surface area contributed by atoms with Gasteiger partial charge >= 0.3 is 5.95 Å². The first kappa shape index (κ1) is 14.6. The second-order valence-corrected chi connectivity index (χ2v) is 3.89. The molecule has 0 spiro atoms. The van der Waals surface area contributed by atoms with Crippen LogP contribution >= 0.6 is 0 Å². The topological polar surface area (TPSA) is 97.4 Å². The highest BCUT2D eigenvalue weighted by molar-refractivity contribution is 5.94. The normalized spacial score (nSPS) is 9.95. The Morgan fingerprint density at radius 3 is 2.86 bits per heavy atom. The summed E-state index contributed by atoms with van der Waals surface area (Å²) in [5, 5.41) is 9.17. The number of carbonyl (C=O) groups excluding carboxylic acids is 1. The van der Waals surface area contributed by atoms with Crippen molar-refractivity contribution in [1.82, 2.24) is 10.3 Å². The fourth-order valence-electron chi connectivity index (χ4n) is 1.62. The van der Waals surface area contributed by atoms with E-state index in [0.29, 0.717) is 12.5 Å². The Hall–Kier alpha value is -2.83. The predicted molar refractivity (Wildman–Crippen MR) is 75.3 cm³/mol. The summed E-state index contributed by atoms with van der Waals surface area (Å²) >= 11 is 0. The number of ether oxygens (including phenoxy) is 2. The Morgan fingerprint density at radius 2 is 2.19 bits per heavy atom. The average Bonchev–Trinajstić information content (AvgIpc) is 2.93. The number of nitrogens with zero attached hydrogens (tertiary/aromatic N) is 1. The molecule has 1 aromatic heterocycles. The van der Waals surface area contributed by atoms with E-state index in [4.69, 9.17) is 14.6 Å². The quantitative estimate of drug-likeness (QED) is 0.352. The van der Waals surface area contributed by atoms with Crippen LogP contribution < -0.4 is 10.1 Å². The lowest BCUT2D eigenvalue weighted by molar-refractivity contribution is 0.0906. The average molecular weight is 289 g/mol. The third kappa shape index (κ3) is 3.59. The lowest BCUT2D eigenvalue weighted by Crippen LogP contribution is -2.26. The third-order valence-electron chi connectivity index (χ3n) is 2.51. The van der Waals surface area contributed by atoms with E-state index in [2.05, 4.69) is 15.0 Å². The van der Waals surface area contributed by atoms with Gasteiger partial charge in [-0.05, 0) is 19.1 Å². The number of hydrogen-bond acceptors (Lipinski definition) is 6. The molecule has 0 saturated carbocycles. The monoisotopic (exact) mass is 289 g/mol. The number of hydrogen-bond donors (Lipinski definition) is 2. The highest BCUT2D eigenvalue weighted by Gasteiger charge is 2.22. The highest BCUT2D eigenvalue weighted by Crippen LogP contribution is 2.27. The van der Waals surface area contributed by atoms with E-state index in [1.165, 1.54) is 0 Å². The van der Waals surface area contributed by atoms with Gasteiger partial charge in [-0.2, -0.15) is 4.98 Å². The van der Waals surface area contributed by atoms with Crippen molar-refractivity contribution in [2.45, 2.75) is 6.92 Å². The van der Waals surface area contributed by atoms with Gasteiger partial charge in [-0.25, -0.2) is 0 Å². The standard InChI is InChI=1S/C14H15N3O4/c1-2-20-14-11(12(18)16-9-19-8-15)17-13(21-14)10-6-4-3-5-7-10/h3-8,15H,2,9H2,1H3,(H,16,18). The fraction of sp³-hybridized carbons (Fsp3) is 0.214. The summed E-state index contributed by atoms with van der Waals surface area (Å²) in [4.78, 5) is 16.2. The highest BCUT2D eigenvalue weighted by atomic mass is 16.6. The molecule has 2 rings (SSSR count). The van der Waals surface area contributed by atoms with E-state index in [1.54, 1.807) is 6.92 Å². The minimum absolute atomic E-state index is 0.0456. The van der Waals surface area contributed by atoms with Gasteiger partial charge in [0.05, 0.1) is 6.61 Å². The molecule has 1 heterocycles. The molecule has 7 heteroatoms. The van der Waals surface area contributed by atoms with Gasteiger partial charge in [-0.15, -0.1) is 0 Å². The molecular formula is C14H15N3O4. The summed E-state index contributed by atoms with van der Waals surface area (Å²) in [5.74, 6) is -0.132. The number of oxazole rings is 1. The van der Waals surface area contributed by atoms with E-state index in [-0.39, 0.29) is 18.4 Å². The summed E-state index contributed by atoms with van der Waals surface area (Å²) in [6, 6.07) is 9.20. The second-order valence-electron chi connectivity index (χ2n) is 3.89. The van der Waals surface area contributed by atoms with Gasteiger partial charge in [0, 0.05) is 5.56 Å². The van der Waals surface area contributed by atoms with Gasteiger partial charge < -0.3 is 19.2 Å². The number of rotatable bonds is 7. The number of amides is 1. The van der Waals surface area contributed by atoms with Crippen LogP contribution in [-0.2, 0) is 4.74 Å². The van der Waals surface area contributed by atoms with Crippen molar-refractivity contribution in [2.24, 2.45) is 0 Å². The van der Waals surface area contributed by atoms with E-state index in [1.807, 2.05) is 30.3 Å². The van der Waals surface area contributed by atoms with Gasteiger partial charge in [0.15, 0.2) is 13.1 Å². The van der Waals surface area contributed by atoms with Gasteiger partial charge in [0.1, 0.15) is 0 Å². The zero-order valence-corrected chi connectivity index (χ0v) is 11.5. The van der Waals surface area contributed by atoms with Crippen LogP contribution in [0, 0.1) is 5.41 Å². The Bertz CT molecular complexity index is 610. The first-order chi connectivity index (χ1) is 10.3. The lowest BCUT2D eigenvalue weighted by Gasteiger charge is -2.03. The van der Waals surface area contributed by atoms with Gasteiger partial charge in [-0.1, -0.05) is 18.2 Å². The van der Waals surface area contributed by atoms with Crippen LogP contribution in [0.4, 0.5) is 0 Å². The Morgan fingerprint density at radius 1 is 1.43 bits per heavy atom. The molecule has 110 valence electrons. The van der Waals surface area contributed by atoms with Crippen LogP contribution in [0.15, 0.2) is 34.7 Å². The number of carbonyl (C=O) groups is 1. The van der Waals surface area contributed by atoms with Gasteiger partial charge in [0.25, 0.3) is 5.91 Å². The number of aromatic nitrogens is 1. The Balaban J connectivity index is 2.25. The molecule has 0 aliphatic rings. The Labute approximate surface area is 121 Å². The Kier molecular flexibility index (Phi) is 4.92. The number of nitrogens with one attached hydrogen (secondary N) is 2. The molecule has 0 aliphatic carbocycles. The first-order valence-corrected chi connectivity index (χ1v) is 6.34. The molecule has 0 saturated heterocycles. The molecule has 2 N–H and O–H groups in total. The molecule has 1 aromatic carbocycles. The minimum Gasteiger partial charge on any atom is -0.464 e. The summed E-state index contributed by atoms with van der Waals surface area (Å²) < 4.78 is 15.4. The third-order valence-corrected chi connectivity index (χ3v) is 2.51. The minimum atomic E-state index is -0.494. The van der Waals surface area contributed by atoms with E-state index < -0.39 is 5.91 Å². The summed E-state index contributed by atoms with van der Waals surface area (Å²) in [6.07, 6.45) is 0.738. The van der Waals surface area contributed by atoms with Crippen molar-refractivity contribution >= 4 is 12.3 Å². The first-order valence-electron chi connectivity index (χ1n) is 6.34. The van der Waals surface area contributed by atoms with Crippen LogP contribution in [0.5, 0.6) is 5.95 Å². The van der Waals surface area contributed by atoms with E-state index in [0.717, 1.165) is 12.0 Å². The molecule has 0 aliphatic heterocycles. The summed E-state index contributed by atoms with van der Waals surface area (Å²) in [6.45, 7) is 2.01. The lowest BCUT2D eigenvalue weighted by atomic mass is 10.2. The van der Waals surface area contributed by atoms with Crippen molar-refractivity contribution in [3.05, 3.63) is 36.0 Å². The fourth-order valence-corrected chi connectivity index (χ4v) is 1.62. The molecular weight excluding hydrogens is 274 g/mol. The van der Waals surface area contributed by atoms with E-state index >= 15 is 0 Å². The van der Waals surface area contributed by atoms with Crippen LogP contribution in [0.2, 0.25) is 0 Å². The van der Waals surface area contributed by atoms with Crippen molar-refractivity contribution < 1.29 is 18.7 Å². The maximum atomic E-state index is 12.0. The van der Waals surface area contributed by atoms with Crippen molar-refractivity contribution in [2.75, 3.05) is 13.3 Å². The molecule has 2 aromatic rings. The SMILES string of the molecule is CCOc1oc(-c2ccccc2)nc1C(=O)NCOC=N. The molecule has 1 amide bonds. The van der Waals surface area contributed by atoms with Gasteiger partial charge in [0.2, 0.25) is 11.6 Å². The van der Waals surface area contributed by atoms with Crippen molar-refractivity contribution in [1.29, 1.82) is 5.41 Å². The number of benzene rings is 1. The van der Waals surface area contributed by atoms with Crippen LogP contribution in [0.1, 0.15) is 17.4 Å². The molecule has 7 nitrogen and oxygen atoms in total. The molecule has 0 unspecified atom stereocenters. The maximum absolute atomic E-state index is 12.0. The molecule has 21 heavy (non-hydrogen) atoms. The zero-order chi connectivity index (χ0) is 15.1. The van der Waals surface area contributed by atoms with Crippen molar-refractivity contribution in [3.8, 4) is 17.4 Å². The van der Waals surface area contributed by atoms with Crippen LogP contribution in [0.25, 0.3) is 11.5 Å². The molecule has 0 fully saturated rings. The van der Waals surface area contributed by atoms with Crippen LogP contribution in [0.3, 0.4) is 0 Å². The zero-order valence-electron chi connectivity index (χ0n) is 11.5. The maximum Gasteiger partial charge on any atom is 0.319 e.